The van der Waals surface area contributed by atoms with Crippen LogP contribution in [-0.4, -0.2) is 32.1 Å². The number of halogens is 1. The Bertz CT molecular complexity index is 368. The quantitative estimate of drug-likeness (QED) is 0.670. The first kappa shape index (κ1) is 15.4. The molecule has 1 aromatic carbocycles. The number of carbonyl (C=O) groups is 1. The van der Waals surface area contributed by atoms with Crippen LogP contribution in [0.15, 0.2) is 24.3 Å². The second-order valence-corrected chi connectivity index (χ2v) is 4.15. The van der Waals surface area contributed by atoms with Gasteiger partial charge in [-0.3, -0.25) is 4.79 Å². The topological polar surface area (TPSA) is 50.4 Å². The molecule has 0 saturated heterocycles. The number of rotatable bonds is 9. The van der Waals surface area contributed by atoms with Gasteiger partial charge in [-0.2, -0.15) is 0 Å². The Hall–Kier alpha value is -1.62. The number of amides is 1. The summed E-state index contributed by atoms with van der Waals surface area (Å²) in [4.78, 5) is 11.4. The van der Waals surface area contributed by atoms with Crippen LogP contribution in [-0.2, 0) is 4.79 Å². The van der Waals surface area contributed by atoms with Crippen molar-refractivity contribution in [1.82, 2.24) is 10.6 Å². The van der Waals surface area contributed by atoms with Crippen LogP contribution in [0, 0.1) is 5.82 Å². The van der Waals surface area contributed by atoms with E-state index in [2.05, 4.69) is 17.6 Å². The minimum atomic E-state index is -0.301. The Balaban J connectivity index is 2.05. The molecule has 0 saturated carbocycles. The van der Waals surface area contributed by atoms with Crippen LogP contribution in [0.25, 0.3) is 0 Å². The molecule has 0 aliphatic heterocycles. The van der Waals surface area contributed by atoms with Crippen molar-refractivity contribution in [1.29, 1.82) is 0 Å². The van der Waals surface area contributed by atoms with Crippen LogP contribution >= 0.6 is 0 Å². The number of benzene rings is 1. The van der Waals surface area contributed by atoms with Gasteiger partial charge in [0.25, 0.3) is 0 Å². The lowest BCUT2D eigenvalue weighted by atomic mass is 10.3. The summed E-state index contributed by atoms with van der Waals surface area (Å²) < 4.78 is 18.0. The molecule has 0 bridgehead atoms. The van der Waals surface area contributed by atoms with Crippen LogP contribution in [0.1, 0.15) is 19.8 Å². The molecule has 0 spiro atoms. The molecular weight excluding hydrogens is 247 g/mol. The molecule has 0 aliphatic carbocycles. The summed E-state index contributed by atoms with van der Waals surface area (Å²) >= 11 is 0. The highest BCUT2D eigenvalue weighted by molar-refractivity contribution is 5.75. The zero-order chi connectivity index (χ0) is 13.9. The van der Waals surface area contributed by atoms with Crippen LogP contribution in [0.2, 0.25) is 0 Å². The third-order valence-corrected chi connectivity index (χ3v) is 2.46. The lowest BCUT2D eigenvalue weighted by molar-refractivity contribution is -0.121. The van der Waals surface area contributed by atoms with Crippen molar-refractivity contribution in [2.24, 2.45) is 0 Å². The maximum Gasteiger partial charge on any atom is 0.223 e. The van der Waals surface area contributed by atoms with Crippen molar-refractivity contribution >= 4 is 5.91 Å². The molecule has 106 valence electrons. The maximum atomic E-state index is 12.6. The molecule has 5 heteroatoms. The van der Waals surface area contributed by atoms with Crippen molar-refractivity contribution in [3.8, 4) is 5.75 Å². The fourth-order valence-electron chi connectivity index (χ4n) is 1.47. The third kappa shape index (κ3) is 7.41. The highest BCUT2D eigenvalue weighted by atomic mass is 19.1. The van der Waals surface area contributed by atoms with Gasteiger partial charge in [-0.1, -0.05) is 6.92 Å². The third-order valence-electron chi connectivity index (χ3n) is 2.46. The van der Waals surface area contributed by atoms with Gasteiger partial charge in [0, 0.05) is 13.1 Å². The van der Waals surface area contributed by atoms with E-state index in [4.69, 9.17) is 4.74 Å². The molecule has 0 aliphatic rings. The molecule has 0 radical (unpaired) electrons. The fourth-order valence-corrected chi connectivity index (χ4v) is 1.47. The van der Waals surface area contributed by atoms with Gasteiger partial charge in [0.05, 0.1) is 13.0 Å². The fraction of sp³-hybridized carbons (Fsp3) is 0.500. The molecule has 0 aromatic heterocycles. The van der Waals surface area contributed by atoms with E-state index >= 15 is 0 Å². The number of hydrogen-bond acceptors (Lipinski definition) is 3. The monoisotopic (exact) mass is 268 g/mol. The first-order valence-corrected chi connectivity index (χ1v) is 6.58. The summed E-state index contributed by atoms with van der Waals surface area (Å²) in [5.74, 6) is 0.226. The van der Waals surface area contributed by atoms with Crippen molar-refractivity contribution in [3.63, 3.8) is 0 Å². The van der Waals surface area contributed by atoms with Gasteiger partial charge >= 0.3 is 0 Å². The maximum absolute atomic E-state index is 12.6. The van der Waals surface area contributed by atoms with Gasteiger partial charge in [0.15, 0.2) is 0 Å². The zero-order valence-electron chi connectivity index (χ0n) is 11.2. The number of carbonyl (C=O) groups excluding carboxylic acids is 1. The normalized spacial score (nSPS) is 10.2. The van der Waals surface area contributed by atoms with E-state index in [9.17, 15) is 9.18 Å². The molecule has 0 unspecified atom stereocenters. The second-order valence-electron chi connectivity index (χ2n) is 4.15. The Morgan fingerprint density at radius 2 is 1.95 bits per heavy atom. The molecule has 0 heterocycles. The summed E-state index contributed by atoms with van der Waals surface area (Å²) in [6.07, 6.45) is 1.38. The first-order chi connectivity index (χ1) is 9.22. The highest BCUT2D eigenvalue weighted by Gasteiger charge is 2.01. The van der Waals surface area contributed by atoms with E-state index in [1.165, 1.54) is 12.1 Å². The second kappa shape index (κ2) is 9.33. The van der Waals surface area contributed by atoms with Crippen LogP contribution in [0.5, 0.6) is 5.75 Å². The summed E-state index contributed by atoms with van der Waals surface area (Å²) in [6, 6.07) is 5.74. The average molecular weight is 268 g/mol. The van der Waals surface area contributed by atoms with Gasteiger partial charge in [-0.25, -0.2) is 4.39 Å². The molecule has 0 atom stereocenters. The van der Waals surface area contributed by atoms with E-state index < -0.39 is 0 Å². The molecule has 0 fully saturated rings. The van der Waals surface area contributed by atoms with Gasteiger partial charge in [-0.15, -0.1) is 0 Å². The van der Waals surface area contributed by atoms with Crippen LogP contribution < -0.4 is 15.4 Å². The molecule has 1 rings (SSSR count). The standard InChI is InChI=1S/C14H21FN2O2/c1-2-8-16-9-10-17-14(18)7-11-19-13-5-3-12(15)4-6-13/h3-6,16H,2,7-11H2,1H3,(H,17,18). The molecule has 1 amide bonds. The van der Waals surface area contributed by atoms with Crippen molar-refractivity contribution in [2.75, 3.05) is 26.2 Å². The predicted molar refractivity (Wildman–Crippen MR) is 72.7 cm³/mol. The molecule has 1 aromatic rings. The largest absolute Gasteiger partial charge is 0.493 e. The Kier molecular flexibility index (Phi) is 7.58. The van der Waals surface area contributed by atoms with E-state index in [-0.39, 0.29) is 11.7 Å². The Morgan fingerprint density at radius 1 is 1.21 bits per heavy atom. The van der Waals surface area contributed by atoms with E-state index in [1.807, 2.05) is 0 Å². The first-order valence-electron chi connectivity index (χ1n) is 6.58. The zero-order valence-corrected chi connectivity index (χ0v) is 11.2. The summed E-state index contributed by atoms with van der Waals surface area (Å²) in [7, 11) is 0. The smallest absolute Gasteiger partial charge is 0.223 e. The van der Waals surface area contributed by atoms with E-state index in [0.29, 0.717) is 25.3 Å². The number of hydrogen-bond donors (Lipinski definition) is 2. The van der Waals surface area contributed by atoms with Crippen LogP contribution in [0.4, 0.5) is 4.39 Å². The van der Waals surface area contributed by atoms with Crippen molar-refractivity contribution in [3.05, 3.63) is 30.1 Å². The molecular formula is C14H21FN2O2. The summed E-state index contributed by atoms with van der Waals surface area (Å²) in [6.45, 7) is 4.75. The summed E-state index contributed by atoms with van der Waals surface area (Å²) in [5, 5.41) is 5.99. The Labute approximate surface area is 113 Å². The van der Waals surface area contributed by atoms with Gasteiger partial charge in [0.1, 0.15) is 11.6 Å². The van der Waals surface area contributed by atoms with Crippen LogP contribution in [0.3, 0.4) is 0 Å². The van der Waals surface area contributed by atoms with Gasteiger partial charge in [-0.05, 0) is 37.2 Å². The lowest BCUT2D eigenvalue weighted by Crippen LogP contribution is -2.32. The van der Waals surface area contributed by atoms with Gasteiger partial charge in [0.2, 0.25) is 5.91 Å². The molecule has 4 nitrogen and oxygen atoms in total. The molecule has 19 heavy (non-hydrogen) atoms. The van der Waals surface area contributed by atoms with Gasteiger partial charge < -0.3 is 15.4 Å². The SMILES string of the molecule is CCCNCCNC(=O)CCOc1ccc(F)cc1. The lowest BCUT2D eigenvalue weighted by Gasteiger charge is -2.07. The minimum absolute atomic E-state index is 0.0413. The minimum Gasteiger partial charge on any atom is -0.493 e. The van der Waals surface area contributed by atoms with E-state index in [1.54, 1.807) is 12.1 Å². The van der Waals surface area contributed by atoms with Crippen molar-refractivity contribution in [2.45, 2.75) is 19.8 Å². The van der Waals surface area contributed by atoms with E-state index in [0.717, 1.165) is 19.5 Å². The summed E-state index contributed by atoms with van der Waals surface area (Å²) in [5.41, 5.74) is 0. The average Bonchev–Trinajstić information content (AvgIpc) is 2.41. The predicted octanol–water partition coefficient (Wildman–Crippen LogP) is 1.71. The number of nitrogens with one attached hydrogen (secondary N) is 2. The number of ether oxygens (including phenoxy) is 1. The highest BCUT2D eigenvalue weighted by Crippen LogP contribution is 2.10. The Morgan fingerprint density at radius 3 is 2.63 bits per heavy atom. The van der Waals surface area contributed by atoms with Crippen molar-refractivity contribution < 1.29 is 13.9 Å². The molecule has 2 N–H and O–H groups in total.